The molecule has 1 amide bonds. The fourth-order valence-corrected chi connectivity index (χ4v) is 3.03. The van der Waals surface area contributed by atoms with Gasteiger partial charge in [-0.15, -0.1) is 0 Å². The van der Waals surface area contributed by atoms with Crippen LogP contribution in [0.5, 0.6) is 5.75 Å². The van der Waals surface area contributed by atoms with Gasteiger partial charge in [0, 0.05) is 19.1 Å². The molecule has 1 fully saturated rings. The van der Waals surface area contributed by atoms with Crippen LogP contribution in [-0.2, 0) is 6.54 Å². The number of piperidine rings is 1. The van der Waals surface area contributed by atoms with Crippen molar-refractivity contribution in [3.05, 3.63) is 47.9 Å². The molecule has 6 heteroatoms. The van der Waals surface area contributed by atoms with E-state index in [4.69, 9.17) is 14.9 Å². The van der Waals surface area contributed by atoms with Crippen molar-refractivity contribution in [2.45, 2.75) is 25.4 Å². The number of nitrogens with two attached hydrogens (primary N) is 1. The summed E-state index contributed by atoms with van der Waals surface area (Å²) in [7, 11) is 1.69. The highest BCUT2D eigenvalue weighted by molar-refractivity contribution is 5.94. The molecule has 1 aromatic heterocycles. The van der Waals surface area contributed by atoms with Gasteiger partial charge in [-0.25, -0.2) is 0 Å². The summed E-state index contributed by atoms with van der Waals surface area (Å²) in [6.45, 7) is 2.06. The van der Waals surface area contributed by atoms with E-state index in [2.05, 4.69) is 16.3 Å². The first-order valence-corrected chi connectivity index (χ1v) is 8.17. The minimum absolute atomic E-state index is 0.103. The first-order valence-electron chi connectivity index (χ1n) is 8.17. The standard InChI is InChI=1S/C18H23N3O3/c1-23-17-5-3-2-4-16(17)21-8-6-14(7-9-21)20-18(22)13-10-15(11-19)24-12-13/h2-5,10,12,14H,6-9,11,19H2,1H3,(H,20,22). The molecule has 128 valence electrons. The van der Waals surface area contributed by atoms with Crippen molar-refractivity contribution in [2.75, 3.05) is 25.1 Å². The van der Waals surface area contributed by atoms with E-state index in [0.29, 0.717) is 17.9 Å². The van der Waals surface area contributed by atoms with Gasteiger partial charge in [0.15, 0.2) is 0 Å². The molecule has 1 aliphatic rings. The Labute approximate surface area is 141 Å². The third-order valence-corrected chi connectivity index (χ3v) is 4.37. The van der Waals surface area contributed by atoms with E-state index in [9.17, 15) is 4.79 Å². The number of methoxy groups -OCH3 is 1. The molecular formula is C18H23N3O3. The lowest BCUT2D eigenvalue weighted by Crippen LogP contribution is -2.44. The van der Waals surface area contributed by atoms with Crippen LogP contribution in [0.1, 0.15) is 29.0 Å². The van der Waals surface area contributed by atoms with Crippen LogP contribution in [0, 0.1) is 0 Å². The average molecular weight is 329 g/mol. The number of nitrogens with one attached hydrogen (secondary N) is 1. The van der Waals surface area contributed by atoms with Gasteiger partial charge in [-0.1, -0.05) is 12.1 Å². The third kappa shape index (κ3) is 3.54. The molecule has 0 saturated carbocycles. The van der Waals surface area contributed by atoms with Crippen molar-refractivity contribution >= 4 is 11.6 Å². The zero-order valence-electron chi connectivity index (χ0n) is 13.8. The lowest BCUT2D eigenvalue weighted by molar-refractivity contribution is 0.0930. The number of hydrogen-bond acceptors (Lipinski definition) is 5. The number of benzene rings is 1. The van der Waals surface area contributed by atoms with Crippen molar-refractivity contribution in [1.82, 2.24) is 5.32 Å². The van der Waals surface area contributed by atoms with E-state index in [1.165, 1.54) is 6.26 Å². The zero-order chi connectivity index (χ0) is 16.9. The molecule has 1 aromatic carbocycles. The highest BCUT2D eigenvalue weighted by Crippen LogP contribution is 2.29. The highest BCUT2D eigenvalue weighted by atomic mass is 16.5. The maximum Gasteiger partial charge on any atom is 0.254 e. The molecule has 3 rings (SSSR count). The maximum atomic E-state index is 12.2. The van der Waals surface area contributed by atoms with Gasteiger partial charge in [-0.2, -0.15) is 0 Å². The SMILES string of the molecule is COc1ccccc1N1CCC(NC(=O)c2coc(CN)c2)CC1. The number of ether oxygens (including phenoxy) is 1. The molecule has 1 saturated heterocycles. The molecule has 3 N–H and O–H groups in total. The number of para-hydroxylation sites is 2. The van der Waals surface area contributed by atoms with Crippen LogP contribution >= 0.6 is 0 Å². The lowest BCUT2D eigenvalue weighted by Gasteiger charge is -2.34. The number of carbonyl (C=O) groups is 1. The second kappa shape index (κ2) is 7.40. The van der Waals surface area contributed by atoms with Crippen molar-refractivity contribution in [3.8, 4) is 5.75 Å². The number of amides is 1. The van der Waals surface area contributed by atoms with Crippen molar-refractivity contribution in [3.63, 3.8) is 0 Å². The number of hydrogen-bond donors (Lipinski definition) is 2. The monoisotopic (exact) mass is 329 g/mol. The topological polar surface area (TPSA) is 80.7 Å². The van der Waals surface area contributed by atoms with E-state index in [1.54, 1.807) is 13.2 Å². The molecule has 1 aliphatic heterocycles. The Morgan fingerprint density at radius 3 is 2.79 bits per heavy atom. The molecule has 6 nitrogen and oxygen atoms in total. The molecule has 0 spiro atoms. The maximum absolute atomic E-state index is 12.2. The Bertz CT molecular complexity index is 690. The molecule has 2 heterocycles. The second-order valence-electron chi connectivity index (χ2n) is 5.91. The summed E-state index contributed by atoms with van der Waals surface area (Å²) in [5.41, 5.74) is 7.13. The van der Waals surface area contributed by atoms with Crippen LogP contribution in [0.15, 0.2) is 41.0 Å². The summed E-state index contributed by atoms with van der Waals surface area (Å²) < 4.78 is 10.6. The van der Waals surface area contributed by atoms with E-state index in [-0.39, 0.29) is 11.9 Å². The minimum Gasteiger partial charge on any atom is -0.495 e. The number of furan rings is 1. The van der Waals surface area contributed by atoms with E-state index >= 15 is 0 Å². The van der Waals surface area contributed by atoms with Crippen molar-refractivity contribution in [1.29, 1.82) is 0 Å². The van der Waals surface area contributed by atoms with E-state index < -0.39 is 0 Å². The molecule has 0 atom stereocenters. The Kier molecular flexibility index (Phi) is 5.05. The van der Waals surface area contributed by atoms with Gasteiger partial charge < -0.3 is 25.1 Å². The number of anilines is 1. The second-order valence-corrected chi connectivity index (χ2v) is 5.91. The predicted molar refractivity (Wildman–Crippen MR) is 92.3 cm³/mol. The van der Waals surface area contributed by atoms with E-state index in [1.807, 2.05) is 18.2 Å². The molecular weight excluding hydrogens is 306 g/mol. The van der Waals surface area contributed by atoms with Gasteiger partial charge in [0.05, 0.1) is 24.9 Å². The van der Waals surface area contributed by atoms with Crippen LogP contribution in [0.3, 0.4) is 0 Å². The Balaban J connectivity index is 1.56. The summed E-state index contributed by atoms with van der Waals surface area (Å²) in [6, 6.07) is 9.88. The summed E-state index contributed by atoms with van der Waals surface area (Å²) in [5.74, 6) is 1.40. The van der Waals surface area contributed by atoms with Crippen LogP contribution in [0.4, 0.5) is 5.69 Å². The van der Waals surface area contributed by atoms with Crippen LogP contribution in [0.2, 0.25) is 0 Å². The zero-order valence-corrected chi connectivity index (χ0v) is 13.8. The third-order valence-electron chi connectivity index (χ3n) is 4.37. The summed E-state index contributed by atoms with van der Waals surface area (Å²) in [6.07, 6.45) is 3.25. The lowest BCUT2D eigenvalue weighted by atomic mass is 10.0. The Morgan fingerprint density at radius 1 is 1.38 bits per heavy atom. The minimum atomic E-state index is -0.103. The number of rotatable bonds is 5. The van der Waals surface area contributed by atoms with E-state index in [0.717, 1.165) is 37.4 Å². The molecule has 0 radical (unpaired) electrons. The van der Waals surface area contributed by atoms with Crippen LogP contribution in [0.25, 0.3) is 0 Å². The fraction of sp³-hybridized carbons (Fsp3) is 0.389. The Morgan fingerprint density at radius 2 is 2.12 bits per heavy atom. The summed E-state index contributed by atoms with van der Waals surface area (Å²) in [5, 5.41) is 3.08. The number of carbonyl (C=O) groups excluding carboxylic acids is 1. The largest absolute Gasteiger partial charge is 0.495 e. The predicted octanol–water partition coefficient (Wildman–Crippen LogP) is 2.15. The molecule has 2 aromatic rings. The van der Waals surface area contributed by atoms with Crippen molar-refractivity contribution in [2.24, 2.45) is 5.73 Å². The molecule has 0 aliphatic carbocycles. The summed E-state index contributed by atoms with van der Waals surface area (Å²) >= 11 is 0. The average Bonchev–Trinajstić information content (AvgIpc) is 3.12. The van der Waals surface area contributed by atoms with Crippen LogP contribution < -0.4 is 20.7 Å². The van der Waals surface area contributed by atoms with Gasteiger partial charge in [0.25, 0.3) is 5.91 Å². The first kappa shape index (κ1) is 16.4. The van der Waals surface area contributed by atoms with Gasteiger partial charge in [-0.3, -0.25) is 4.79 Å². The summed E-state index contributed by atoms with van der Waals surface area (Å²) in [4.78, 5) is 14.5. The quantitative estimate of drug-likeness (QED) is 0.878. The Hall–Kier alpha value is -2.47. The smallest absolute Gasteiger partial charge is 0.254 e. The normalized spacial score (nSPS) is 15.3. The van der Waals surface area contributed by atoms with Gasteiger partial charge in [-0.05, 0) is 31.0 Å². The molecule has 0 unspecified atom stereocenters. The van der Waals surface area contributed by atoms with Crippen LogP contribution in [-0.4, -0.2) is 32.1 Å². The molecule has 0 bridgehead atoms. The number of nitrogens with zero attached hydrogens (tertiary/aromatic N) is 1. The van der Waals surface area contributed by atoms with Crippen molar-refractivity contribution < 1.29 is 13.9 Å². The first-order chi connectivity index (χ1) is 11.7. The van der Waals surface area contributed by atoms with Gasteiger partial charge in [0.2, 0.25) is 0 Å². The highest BCUT2D eigenvalue weighted by Gasteiger charge is 2.23. The fourth-order valence-electron chi connectivity index (χ4n) is 3.03. The van der Waals surface area contributed by atoms with Gasteiger partial charge >= 0.3 is 0 Å². The van der Waals surface area contributed by atoms with Gasteiger partial charge in [0.1, 0.15) is 17.8 Å². The molecule has 24 heavy (non-hydrogen) atoms.